The lowest BCUT2D eigenvalue weighted by molar-refractivity contribution is 0.349. The van der Waals surface area contributed by atoms with Gasteiger partial charge in [-0.25, -0.2) is 19.0 Å². The van der Waals surface area contributed by atoms with Crippen LogP contribution in [0.5, 0.6) is 5.75 Å². The maximum absolute atomic E-state index is 14.2. The molecule has 1 saturated heterocycles. The van der Waals surface area contributed by atoms with Crippen molar-refractivity contribution in [2.45, 2.75) is 19.0 Å². The van der Waals surface area contributed by atoms with Crippen molar-refractivity contribution in [3.8, 4) is 22.7 Å². The number of piperazine rings is 1. The summed E-state index contributed by atoms with van der Waals surface area (Å²) in [5.74, 6) is 1.62. The van der Waals surface area contributed by atoms with Crippen molar-refractivity contribution in [1.29, 1.82) is 0 Å². The third-order valence-corrected chi connectivity index (χ3v) is 6.54. The zero-order valence-electron chi connectivity index (χ0n) is 18.5. The predicted octanol–water partition coefficient (Wildman–Crippen LogP) is 3.34. The summed E-state index contributed by atoms with van der Waals surface area (Å²) in [5, 5.41) is 8.33. The van der Waals surface area contributed by atoms with Crippen molar-refractivity contribution in [3.05, 3.63) is 59.9 Å². The number of benzene rings is 1. The highest BCUT2D eigenvalue weighted by Crippen LogP contribution is 2.35. The fourth-order valence-corrected chi connectivity index (χ4v) is 4.86. The van der Waals surface area contributed by atoms with E-state index in [0.717, 1.165) is 71.1 Å². The van der Waals surface area contributed by atoms with E-state index in [1.54, 1.807) is 13.3 Å². The molecule has 1 aromatic carbocycles. The van der Waals surface area contributed by atoms with Gasteiger partial charge in [-0.3, -0.25) is 0 Å². The highest BCUT2D eigenvalue weighted by atomic mass is 19.1. The van der Waals surface area contributed by atoms with Crippen molar-refractivity contribution in [3.63, 3.8) is 0 Å². The fourth-order valence-electron chi connectivity index (χ4n) is 4.86. The molecule has 8 heteroatoms. The molecule has 2 aliphatic rings. The third-order valence-electron chi connectivity index (χ3n) is 6.54. The first-order chi connectivity index (χ1) is 16.2. The Kier molecular flexibility index (Phi) is 4.95. The second-order valence-electron chi connectivity index (χ2n) is 8.57. The second-order valence-corrected chi connectivity index (χ2v) is 8.57. The normalized spacial score (nSPS) is 18.0. The number of pyridine rings is 2. The lowest BCUT2D eigenvalue weighted by Gasteiger charge is -2.28. The van der Waals surface area contributed by atoms with Crippen LogP contribution in [0.3, 0.4) is 0 Å². The molecule has 1 aliphatic heterocycles. The molecule has 0 bridgehead atoms. The van der Waals surface area contributed by atoms with E-state index < -0.39 is 6.17 Å². The van der Waals surface area contributed by atoms with Gasteiger partial charge in [0.25, 0.3) is 0 Å². The van der Waals surface area contributed by atoms with Gasteiger partial charge in [0, 0.05) is 56.8 Å². The number of ether oxygens (including phenoxy) is 1. The second kappa shape index (κ2) is 8.12. The van der Waals surface area contributed by atoms with Gasteiger partial charge in [0.1, 0.15) is 28.9 Å². The van der Waals surface area contributed by atoms with E-state index >= 15 is 0 Å². The Morgan fingerprint density at radius 2 is 1.94 bits per heavy atom. The van der Waals surface area contributed by atoms with Crippen LogP contribution in [0.15, 0.2) is 48.8 Å². The molecule has 0 saturated carbocycles. The summed E-state index contributed by atoms with van der Waals surface area (Å²) in [6.07, 6.45) is 3.57. The first kappa shape index (κ1) is 20.1. The van der Waals surface area contributed by atoms with Gasteiger partial charge in [-0.05, 0) is 29.3 Å². The molecule has 1 unspecified atom stereocenters. The number of anilines is 1. The molecule has 0 amide bonds. The van der Waals surface area contributed by atoms with E-state index in [9.17, 15) is 4.39 Å². The Labute approximate surface area is 191 Å². The maximum Gasteiger partial charge on any atom is 0.139 e. The molecule has 168 valence electrons. The van der Waals surface area contributed by atoms with Crippen molar-refractivity contribution in [2.24, 2.45) is 0 Å². The minimum atomic E-state index is -0.850. The average molecular weight is 445 g/mol. The van der Waals surface area contributed by atoms with Crippen molar-refractivity contribution in [1.82, 2.24) is 25.1 Å². The van der Waals surface area contributed by atoms with E-state index in [1.807, 2.05) is 41.2 Å². The van der Waals surface area contributed by atoms with E-state index in [2.05, 4.69) is 21.3 Å². The lowest BCUT2D eigenvalue weighted by Crippen LogP contribution is -2.43. The molecular weight excluding hydrogens is 419 g/mol. The number of rotatable bonds is 4. The Hall–Kier alpha value is -3.52. The summed E-state index contributed by atoms with van der Waals surface area (Å²) in [6, 6.07) is 12.0. The molecule has 0 spiro atoms. The van der Waals surface area contributed by atoms with Gasteiger partial charge in [-0.2, -0.15) is 5.10 Å². The van der Waals surface area contributed by atoms with Gasteiger partial charge < -0.3 is 15.0 Å². The summed E-state index contributed by atoms with van der Waals surface area (Å²) in [4.78, 5) is 11.7. The van der Waals surface area contributed by atoms with Crippen LogP contribution in [-0.2, 0) is 12.8 Å². The molecular formula is C25H25FN6O. The van der Waals surface area contributed by atoms with Crippen LogP contribution in [0, 0.1) is 0 Å². The van der Waals surface area contributed by atoms with E-state index in [1.165, 1.54) is 0 Å². The van der Waals surface area contributed by atoms with Crippen molar-refractivity contribution >= 4 is 16.9 Å². The van der Waals surface area contributed by atoms with Crippen LogP contribution < -0.4 is 15.0 Å². The number of aromatic nitrogens is 4. The van der Waals surface area contributed by atoms with Gasteiger partial charge in [0.05, 0.1) is 24.5 Å². The molecule has 0 radical (unpaired) electrons. The largest absolute Gasteiger partial charge is 0.495 e. The van der Waals surface area contributed by atoms with Gasteiger partial charge in [-0.15, -0.1) is 0 Å². The summed E-state index contributed by atoms with van der Waals surface area (Å²) in [5.41, 5.74) is 6.18. The minimum Gasteiger partial charge on any atom is -0.495 e. The number of hydrogen-bond donors (Lipinski definition) is 1. The fraction of sp³-hybridized carbons (Fsp3) is 0.320. The monoisotopic (exact) mass is 444 g/mol. The third kappa shape index (κ3) is 3.51. The average Bonchev–Trinajstić information content (AvgIpc) is 3.44. The van der Waals surface area contributed by atoms with Gasteiger partial charge >= 0.3 is 0 Å². The zero-order valence-corrected chi connectivity index (χ0v) is 18.5. The number of hydrogen-bond acceptors (Lipinski definition) is 6. The molecule has 1 fully saturated rings. The number of halogens is 1. The molecule has 33 heavy (non-hydrogen) atoms. The number of nitrogens with one attached hydrogen (secondary N) is 1. The van der Waals surface area contributed by atoms with Crippen LogP contribution in [0.4, 0.5) is 10.2 Å². The molecule has 6 rings (SSSR count). The van der Waals surface area contributed by atoms with E-state index in [4.69, 9.17) is 14.8 Å². The van der Waals surface area contributed by atoms with E-state index in [0.29, 0.717) is 18.6 Å². The van der Waals surface area contributed by atoms with Gasteiger partial charge in [-0.1, -0.05) is 12.1 Å². The predicted molar refractivity (Wildman–Crippen MR) is 126 cm³/mol. The topological polar surface area (TPSA) is 68.1 Å². The maximum atomic E-state index is 14.2. The molecule has 7 nitrogen and oxygen atoms in total. The highest BCUT2D eigenvalue weighted by Gasteiger charge is 2.26. The molecule has 1 aliphatic carbocycles. The van der Waals surface area contributed by atoms with Crippen LogP contribution in [0.25, 0.3) is 28.0 Å². The minimum absolute atomic E-state index is 0.403. The Balaban J connectivity index is 1.47. The Morgan fingerprint density at radius 3 is 2.73 bits per heavy atom. The summed E-state index contributed by atoms with van der Waals surface area (Å²) < 4.78 is 21.5. The number of nitrogens with zero attached hydrogens (tertiary/aromatic N) is 5. The SMILES string of the molecule is COc1cnc2c(-c3ccc(N4CCNCC4)nc3)nn(-c3cccc4c3CC(F)C4)c2c1. The smallest absolute Gasteiger partial charge is 0.139 e. The summed E-state index contributed by atoms with van der Waals surface area (Å²) in [6.45, 7) is 3.82. The van der Waals surface area contributed by atoms with Crippen LogP contribution >= 0.6 is 0 Å². The number of alkyl halides is 1. The summed E-state index contributed by atoms with van der Waals surface area (Å²) >= 11 is 0. The Bertz CT molecular complexity index is 1310. The number of fused-ring (bicyclic) bond motifs is 2. The van der Waals surface area contributed by atoms with Crippen LogP contribution in [-0.4, -0.2) is 59.2 Å². The standard InChI is InChI=1S/C25H25FN6O/c1-33-19-13-22-25(29-15-19)24(17-5-6-23(28-14-17)31-9-7-27-8-10-31)30-32(22)21-4-2-3-16-11-18(26)12-20(16)21/h2-6,13-15,18,27H,7-12H2,1H3. The molecule has 3 aromatic heterocycles. The molecule has 1 atom stereocenters. The number of methoxy groups -OCH3 is 1. The molecule has 4 heterocycles. The quantitative estimate of drug-likeness (QED) is 0.521. The van der Waals surface area contributed by atoms with Crippen LogP contribution in [0.2, 0.25) is 0 Å². The van der Waals surface area contributed by atoms with Crippen molar-refractivity contribution in [2.75, 3.05) is 38.2 Å². The summed E-state index contributed by atoms with van der Waals surface area (Å²) in [7, 11) is 1.62. The molecule has 1 N–H and O–H groups in total. The van der Waals surface area contributed by atoms with Gasteiger partial charge in [0.15, 0.2) is 0 Å². The molecule has 4 aromatic rings. The van der Waals surface area contributed by atoms with Gasteiger partial charge in [0.2, 0.25) is 0 Å². The van der Waals surface area contributed by atoms with Crippen LogP contribution in [0.1, 0.15) is 11.1 Å². The first-order valence-electron chi connectivity index (χ1n) is 11.3. The Morgan fingerprint density at radius 1 is 1.06 bits per heavy atom. The highest BCUT2D eigenvalue weighted by molar-refractivity contribution is 5.91. The lowest BCUT2D eigenvalue weighted by atomic mass is 10.1. The van der Waals surface area contributed by atoms with Crippen molar-refractivity contribution < 1.29 is 9.13 Å². The first-order valence-corrected chi connectivity index (χ1v) is 11.3. The van der Waals surface area contributed by atoms with E-state index in [-0.39, 0.29) is 0 Å². The zero-order chi connectivity index (χ0) is 22.4.